The summed E-state index contributed by atoms with van der Waals surface area (Å²) in [6.07, 6.45) is -0.570. The molecule has 5 N–H and O–H groups in total. The van der Waals surface area contributed by atoms with Gasteiger partial charge in [0.25, 0.3) is 0 Å². The van der Waals surface area contributed by atoms with Crippen LogP contribution in [-0.2, 0) is 42.6 Å². The zero-order valence-electron chi connectivity index (χ0n) is 47.9. The molecule has 0 saturated heterocycles. The highest BCUT2D eigenvalue weighted by atomic mass is 35.7. The molecular weight excluding hydrogens is 1100 g/mol. The van der Waals surface area contributed by atoms with E-state index in [1.54, 1.807) is 59.7 Å². The van der Waals surface area contributed by atoms with Crippen molar-refractivity contribution in [3.63, 3.8) is 0 Å². The van der Waals surface area contributed by atoms with Crippen molar-refractivity contribution in [2.45, 2.75) is 148 Å². The van der Waals surface area contributed by atoms with Crippen LogP contribution in [0.5, 0.6) is 28.7 Å². The Labute approximate surface area is 484 Å². The molecular formula is C58H79ClN6O14S2. The van der Waals surface area contributed by atoms with Crippen molar-refractivity contribution in [1.29, 1.82) is 10.5 Å². The molecule has 444 valence electrons. The minimum atomic E-state index is -4.13. The zero-order valence-corrected chi connectivity index (χ0v) is 50.3. The molecule has 81 heavy (non-hydrogen) atoms. The predicted molar refractivity (Wildman–Crippen MR) is 307 cm³/mol. The van der Waals surface area contributed by atoms with Crippen molar-refractivity contribution >= 4 is 43.2 Å². The van der Waals surface area contributed by atoms with Crippen LogP contribution in [0.3, 0.4) is 0 Å². The molecule has 0 aromatic heterocycles. The normalized spacial score (nSPS) is 14.7. The average molecular weight is 1180 g/mol. The van der Waals surface area contributed by atoms with Crippen LogP contribution in [0, 0.1) is 33.5 Å². The molecule has 20 nitrogen and oxygen atoms in total. The summed E-state index contributed by atoms with van der Waals surface area (Å²) in [6.45, 7) is 19.5. The van der Waals surface area contributed by atoms with Crippen molar-refractivity contribution in [3.05, 3.63) is 108 Å². The van der Waals surface area contributed by atoms with Crippen LogP contribution in [0.4, 0.5) is 9.59 Å². The van der Waals surface area contributed by atoms with Crippen LogP contribution in [0.2, 0.25) is 0 Å². The van der Waals surface area contributed by atoms with E-state index in [4.69, 9.17) is 53.8 Å². The van der Waals surface area contributed by atoms with Gasteiger partial charge in [0.15, 0.2) is 23.0 Å². The number of nitrogens with one attached hydrogen (secondary N) is 3. The van der Waals surface area contributed by atoms with E-state index in [1.165, 1.54) is 22.5 Å². The number of sulfonamides is 1. The lowest BCUT2D eigenvalue weighted by Crippen LogP contribution is -2.52. The number of carbonyl (C=O) groups is 2. The van der Waals surface area contributed by atoms with Gasteiger partial charge in [-0.15, -0.1) is 0 Å². The first-order chi connectivity index (χ1) is 38.0. The first kappa shape index (κ1) is 67.1. The maximum absolute atomic E-state index is 14.0. The fourth-order valence-corrected chi connectivity index (χ4v) is 10.3. The molecule has 5 atom stereocenters. The van der Waals surface area contributed by atoms with Gasteiger partial charge >= 0.3 is 22.5 Å². The fraction of sp³-hybridized carbons (Fsp3) is 0.517. The van der Waals surface area contributed by atoms with Crippen molar-refractivity contribution in [2.75, 3.05) is 39.8 Å². The van der Waals surface area contributed by atoms with E-state index in [1.807, 2.05) is 74.5 Å². The topological polar surface area (TPSA) is 277 Å². The van der Waals surface area contributed by atoms with Gasteiger partial charge in [0.2, 0.25) is 23.6 Å². The Balaban J connectivity index is 0.000000295. The highest BCUT2D eigenvalue weighted by molar-refractivity contribution is 8.04. The second-order valence-corrected chi connectivity index (χ2v) is 26.1. The highest BCUT2D eigenvalue weighted by Gasteiger charge is 2.36. The summed E-state index contributed by atoms with van der Waals surface area (Å²) in [5.74, 6) is 2.37. The SMILES string of the molecule is CC(C)(CCC#N)CN(CC(O)[C@H](Cc1ccccc1)NC(=O)OC(C)(C)C)S(=O)(=O)c1ccc2c(c1)OCO2.CC(C)(CCC#N)CNCC(O)[C@H](Cc1ccccc1)NC(=O)OC(C)(C)C.O=S(Cl)Oc1ccc2c(c1)OCO2. The van der Waals surface area contributed by atoms with E-state index in [-0.39, 0.29) is 49.8 Å². The zero-order chi connectivity index (χ0) is 60.0. The van der Waals surface area contributed by atoms with Crippen LogP contribution < -0.4 is 39.1 Å². The van der Waals surface area contributed by atoms with Gasteiger partial charge in [-0.1, -0.05) is 88.4 Å². The minimum absolute atomic E-state index is 0.0000454. The van der Waals surface area contributed by atoms with Crippen molar-refractivity contribution in [2.24, 2.45) is 10.8 Å². The molecule has 0 fully saturated rings. The van der Waals surface area contributed by atoms with Crippen LogP contribution in [0.15, 0.2) is 102 Å². The summed E-state index contributed by atoms with van der Waals surface area (Å²) in [4.78, 5) is 24.9. The molecule has 2 heterocycles. The molecule has 0 radical (unpaired) electrons. The average Bonchev–Trinajstić information content (AvgIpc) is 4.06. The van der Waals surface area contributed by atoms with Gasteiger partial charge < -0.3 is 58.8 Å². The highest BCUT2D eigenvalue weighted by Crippen LogP contribution is 2.37. The van der Waals surface area contributed by atoms with E-state index < -0.39 is 73.4 Å². The van der Waals surface area contributed by atoms with Gasteiger partial charge in [-0.2, -0.15) is 19.0 Å². The third-order valence-corrected chi connectivity index (χ3v) is 14.5. The number of fused-ring (bicyclic) bond motifs is 2. The molecule has 3 unspecified atom stereocenters. The number of rotatable bonds is 24. The Hall–Kier alpha value is -6.37. The Morgan fingerprint density at radius 2 is 1.14 bits per heavy atom. The predicted octanol–water partition coefficient (Wildman–Crippen LogP) is 9.25. The first-order valence-corrected chi connectivity index (χ1v) is 29.8. The molecule has 2 amide bonds. The van der Waals surface area contributed by atoms with Crippen molar-refractivity contribution in [3.8, 4) is 40.9 Å². The molecule has 0 spiro atoms. The van der Waals surface area contributed by atoms with Crippen LogP contribution in [0.1, 0.15) is 106 Å². The van der Waals surface area contributed by atoms with Gasteiger partial charge in [0.1, 0.15) is 17.0 Å². The summed E-state index contributed by atoms with van der Waals surface area (Å²) in [5.41, 5.74) is -0.102. The van der Waals surface area contributed by atoms with Crippen LogP contribution in [0.25, 0.3) is 0 Å². The van der Waals surface area contributed by atoms with E-state index in [9.17, 15) is 32.4 Å². The number of carbonyl (C=O) groups excluding carboxylic acids is 2. The van der Waals surface area contributed by atoms with E-state index >= 15 is 0 Å². The number of hydrogen-bond donors (Lipinski definition) is 5. The van der Waals surface area contributed by atoms with Crippen LogP contribution >= 0.6 is 10.7 Å². The molecule has 4 aromatic carbocycles. The first-order valence-electron chi connectivity index (χ1n) is 26.4. The number of amides is 2. The Bertz CT molecular complexity index is 2860. The number of ether oxygens (including phenoxy) is 6. The summed E-state index contributed by atoms with van der Waals surface area (Å²) in [5, 5.41) is 48.8. The molecule has 2 aliphatic heterocycles. The number of aliphatic hydroxyl groups is 2. The van der Waals surface area contributed by atoms with Gasteiger partial charge in [-0.25, -0.2) is 18.0 Å². The Morgan fingerprint density at radius 1 is 0.679 bits per heavy atom. The molecule has 6 rings (SSSR count). The molecule has 0 bridgehead atoms. The van der Waals surface area contributed by atoms with Crippen LogP contribution in [-0.4, -0.2) is 115 Å². The van der Waals surface area contributed by atoms with Gasteiger partial charge in [0, 0.05) is 61.8 Å². The Kier molecular flexibility index (Phi) is 25.8. The van der Waals surface area contributed by atoms with Gasteiger partial charge in [-0.3, -0.25) is 0 Å². The number of hydrogen-bond acceptors (Lipinski definition) is 17. The Morgan fingerprint density at radius 3 is 1.62 bits per heavy atom. The lowest BCUT2D eigenvalue weighted by Gasteiger charge is -2.35. The number of alkyl carbamates (subject to hydrolysis) is 2. The largest absolute Gasteiger partial charge is 0.454 e. The van der Waals surface area contributed by atoms with Gasteiger partial charge in [-0.05, 0) is 113 Å². The van der Waals surface area contributed by atoms with Gasteiger partial charge in [0.05, 0.1) is 41.3 Å². The number of benzene rings is 4. The molecule has 4 aromatic rings. The van der Waals surface area contributed by atoms with E-state index in [2.05, 4.69) is 41.9 Å². The maximum Gasteiger partial charge on any atom is 0.407 e. The fourth-order valence-electron chi connectivity index (χ4n) is 8.13. The maximum atomic E-state index is 14.0. The summed E-state index contributed by atoms with van der Waals surface area (Å²) in [7, 11) is -0.825. The number of nitrogens with zero attached hydrogens (tertiary/aromatic N) is 3. The quantitative estimate of drug-likeness (QED) is 0.0409. The molecule has 0 aliphatic carbocycles. The second kappa shape index (κ2) is 31.2. The summed E-state index contributed by atoms with van der Waals surface area (Å²) < 4.78 is 76.0. The van der Waals surface area contributed by atoms with E-state index in [0.29, 0.717) is 61.1 Å². The number of aliphatic hydroxyl groups excluding tert-OH is 2. The molecule has 23 heteroatoms. The second-order valence-electron chi connectivity index (χ2n) is 22.9. The minimum Gasteiger partial charge on any atom is -0.454 e. The summed E-state index contributed by atoms with van der Waals surface area (Å²) in [6, 6.07) is 31.2. The third-order valence-electron chi connectivity index (χ3n) is 12.2. The molecule has 0 saturated carbocycles. The van der Waals surface area contributed by atoms with E-state index in [0.717, 1.165) is 17.5 Å². The van der Waals surface area contributed by atoms with Crippen molar-refractivity contribution < 1.29 is 65.0 Å². The van der Waals surface area contributed by atoms with Crippen molar-refractivity contribution in [1.82, 2.24) is 20.3 Å². The lowest BCUT2D eigenvalue weighted by atomic mass is 9.88. The number of halogens is 1. The third kappa shape index (κ3) is 24.7. The number of nitriles is 2. The lowest BCUT2D eigenvalue weighted by molar-refractivity contribution is 0.0390. The monoisotopic (exact) mass is 1180 g/mol. The molecule has 2 aliphatic rings. The smallest absolute Gasteiger partial charge is 0.407 e. The summed E-state index contributed by atoms with van der Waals surface area (Å²) >= 11 is 0. The standard InChI is InChI=1S/C29H39N3O7S.C22H35N3O3.C7H5ClO4S/c1-28(2,3)39-27(34)31-23(16-21-10-7-6-8-11-21)24(33)18-32(19-29(4,5)14-9-15-30)40(35,36)22-12-13-25-26(17-22)38-20-37-25;1-21(2,3)28-20(27)25-18(14-17-10-7-6-8-11-17)19(26)15-24-16-22(4,5)12-9-13-23;8-13(9)12-5-1-2-6-7(3-5)11-4-10-6/h6-8,10-13,17,23-24,33H,9,14,16,18-20H2,1-5H3,(H,31,34);6-8,10-11,18-19,24,26H,9,12,14-16H2,1-5H3,(H,25,27);1-3H,4H2/t23-,24?;18-,19?;/m00./s1.